The van der Waals surface area contributed by atoms with Gasteiger partial charge < -0.3 is 15.0 Å². The van der Waals surface area contributed by atoms with E-state index in [0.717, 1.165) is 48.5 Å². The molecule has 1 unspecified atom stereocenters. The Bertz CT molecular complexity index is 430. The summed E-state index contributed by atoms with van der Waals surface area (Å²) in [6.07, 6.45) is 1.08. The molecule has 0 aromatic carbocycles. The summed E-state index contributed by atoms with van der Waals surface area (Å²) in [5.74, 6) is 4.97. The first-order valence-electron chi connectivity index (χ1n) is 7.19. The van der Waals surface area contributed by atoms with Crippen molar-refractivity contribution in [1.82, 2.24) is 9.97 Å². The van der Waals surface area contributed by atoms with Crippen molar-refractivity contribution in [3.63, 3.8) is 0 Å². The average Bonchev–Trinajstić information content (AvgIpc) is 2.46. The summed E-state index contributed by atoms with van der Waals surface area (Å²) in [5, 5.41) is 3.35. The molecular weight excluding hydrogens is 272 g/mol. The third-order valence-electron chi connectivity index (χ3n) is 3.25. The fourth-order valence-electron chi connectivity index (χ4n) is 2.24. The predicted molar refractivity (Wildman–Crippen MR) is 85.7 cm³/mol. The molecule has 0 bridgehead atoms. The SMILES string of the molecule is CCCNc1cc(N2CCSCC2C)nc(COC)n1. The molecule has 0 spiro atoms. The van der Waals surface area contributed by atoms with Crippen LogP contribution in [-0.2, 0) is 11.3 Å². The molecule has 20 heavy (non-hydrogen) atoms. The van der Waals surface area contributed by atoms with Gasteiger partial charge >= 0.3 is 0 Å². The lowest BCUT2D eigenvalue weighted by Crippen LogP contribution is -2.41. The predicted octanol–water partition coefficient (Wildman–Crippen LogP) is 2.39. The van der Waals surface area contributed by atoms with Crippen LogP contribution in [0, 0.1) is 0 Å². The van der Waals surface area contributed by atoms with Gasteiger partial charge in [0.25, 0.3) is 0 Å². The Balaban J connectivity index is 2.22. The maximum Gasteiger partial charge on any atom is 0.158 e. The van der Waals surface area contributed by atoms with E-state index in [1.807, 2.05) is 11.8 Å². The summed E-state index contributed by atoms with van der Waals surface area (Å²) in [7, 11) is 1.68. The number of nitrogens with zero attached hydrogens (tertiary/aromatic N) is 3. The molecule has 1 aromatic heterocycles. The van der Waals surface area contributed by atoms with E-state index in [0.29, 0.717) is 12.6 Å². The Labute approximate surface area is 125 Å². The van der Waals surface area contributed by atoms with E-state index < -0.39 is 0 Å². The zero-order chi connectivity index (χ0) is 14.4. The Morgan fingerprint density at radius 2 is 2.35 bits per heavy atom. The fourth-order valence-corrected chi connectivity index (χ4v) is 3.25. The highest BCUT2D eigenvalue weighted by Gasteiger charge is 2.21. The van der Waals surface area contributed by atoms with E-state index in [1.165, 1.54) is 0 Å². The number of hydrogen-bond acceptors (Lipinski definition) is 6. The Morgan fingerprint density at radius 3 is 3.05 bits per heavy atom. The van der Waals surface area contributed by atoms with Gasteiger partial charge in [-0.05, 0) is 13.3 Å². The van der Waals surface area contributed by atoms with Crippen LogP contribution in [0.2, 0.25) is 0 Å². The molecule has 2 heterocycles. The van der Waals surface area contributed by atoms with Crippen LogP contribution < -0.4 is 10.2 Å². The van der Waals surface area contributed by atoms with E-state index in [1.54, 1.807) is 7.11 Å². The van der Waals surface area contributed by atoms with Crippen LogP contribution in [0.5, 0.6) is 0 Å². The van der Waals surface area contributed by atoms with Crippen molar-refractivity contribution >= 4 is 23.4 Å². The molecule has 1 N–H and O–H groups in total. The topological polar surface area (TPSA) is 50.3 Å². The summed E-state index contributed by atoms with van der Waals surface area (Å²) in [5.41, 5.74) is 0. The van der Waals surface area contributed by atoms with Gasteiger partial charge in [-0.3, -0.25) is 0 Å². The van der Waals surface area contributed by atoms with Gasteiger partial charge in [-0.2, -0.15) is 11.8 Å². The van der Waals surface area contributed by atoms with Crippen molar-refractivity contribution in [2.75, 3.05) is 41.9 Å². The van der Waals surface area contributed by atoms with Gasteiger partial charge in [0, 0.05) is 43.8 Å². The maximum atomic E-state index is 5.18. The molecule has 6 heteroatoms. The van der Waals surface area contributed by atoms with Gasteiger partial charge in [0.1, 0.15) is 18.2 Å². The number of methoxy groups -OCH3 is 1. The molecule has 2 rings (SSSR count). The summed E-state index contributed by atoms with van der Waals surface area (Å²) in [6.45, 7) is 6.82. The number of anilines is 2. The highest BCUT2D eigenvalue weighted by Crippen LogP contribution is 2.24. The van der Waals surface area contributed by atoms with Gasteiger partial charge in [0.15, 0.2) is 5.82 Å². The molecule has 0 aliphatic carbocycles. The maximum absolute atomic E-state index is 5.18. The van der Waals surface area contributed by atoms with E-state index in [2.05, 4.69) is 40.1 Å². The van der Waals surface area contributed by atoms with Crippen LogP contribution in [0.15, 0.2) is 6.07 Å². The molecule has 112 valence electrons. The second-order valence-corrected chi connectivity index (χ2v) is 6.15. The van der Waals surface area contributed by atoms with Crippen molar-refractivity contribution in [2.24, 2.45) is 0 Å². The van der Waals surface area contributed by atoms with E-state index >= 15 is 0 Å². The zero-order valence-corrected chi connectivity index (χ0v) is 13.4. The monoisotopic (exact) mass is 296 g/mol. The summed E-state index contributed by atoms with van der Waals surface area (Å²) in [4.78, 5) is 11.5. The van der Waals surface area contributed by atoms with Crippen LogP contribution in [0.3, 0.4) is 0 Å². The smallest absolute Gasteiger partial charge is 0.158 e. The van der Waals surface area contributed by atoms with Crippen LogP contribution in [0.4, 0.5) is 11.6 Å². The van der Waals surface area contributed by atoms with Gasteiger partial charge in [0.05, 0.1) is 0 Å². The molecule has 1 aromatic rings. The van der Waals surface area contributed by atoms with E-state index in [-0.39, 0.29) is 0 Å². The largest absolute Gasteiger partial charge is 0.377 e. The Kier molecular flexibility index (Phi) is 5.91. The van der Waals surface area contributed by atoms with Crippen LogP contribution >= 0.6 is 11.8 Å². The minimum atomic E-state index is 0.450. The highest BCUT2D eigenvalue weighted by atomic mass is 32.2. The molecule has 1 fully saturated rings. The lowest BCUT2D eigenvalue weighted by Gasteiger charge is -2.34. The Hall–Kier alpha value is -1.01. The van der Waals surface area contributed by atoms with Crippen molar-refractivity contribution in [2.45, 2.75) is 32.9 Å². The normalized spacial score (nSPS) is 19.1. The fraction of sp³-hybridized carbons (Fsp3) is 0.714. The second-order valence-electron chi connectivity index (χ2n) is 5.00. The lowest BCUT2D eigenvalue weighted by atomic mass is 10.3. The lowest BCUT2D eigenvalue weighted by molar-refractivity contribution is 0.178. The standard InChI is InChI=1S/C14H24N4OS/c1-4-5-15-12-8-14(17-13(16-12)9-19-3)18-6-7-20-10-11(18)2/h8,11H,4-7,9-10H2,1-3H3,(H,15,16,17). The first-order valence-corrected chi connectivity index (χ1v) is 8.35. The van der Waals surface area contributed by atoms with Crippen molar-refractivity contribution in [1.29, 1.82) is 0 Å². The first kappa shape index (κ1) is 15.4. The molecular formula is C14H24N4OS. The van der Waals surface area contributed by atoms with Gasteiger partial charge in [0.2, 0.25) is 0 Å². The molecule has 5 nitrogen and oxygen atoms in total. The van der Waals surface area contributed by atoms with Gasteiger partial charge in [-0.15, -0.1) is 0 Å². The molecule has 0 saturated carbocycles. The number of aromatic nitrogens is 2. The number of thioether (sulfide) groups is 1. The molecule has 1 atom stereocenters. The first-order chi connectivity index (χ1) is 9.74. The highest BCUT2D eigenvalue weighted by molar-refractivity contribution is 7.99. The summed E-state index contributed by atoms with van der Waals surface area (Å²) >= 11 is 2.01. The Morgan fingerprint density at radius 1 is 1.50 bits per heavy atom. The van der Waals surface area contributed by atoms with Gasteiger partial charge in [-0.1, -0.05) is 6.92 Å². The minimum absolute atomic E-state index is 0.450. The van der Waals surface area contributed by atoms with Crippen molar-refractivity contribution < 1.29 is 4.74 Å². The summed E-state index contributed by atoms with van der Waals surface area (Å²) in [6, 6.07) is 2.57. The van der Waals surface area contributed by atoms with Crippen molar-refractivity contribution in [3.05, 3.63) is 11.9 Å². The van der Waals surface area contributed by atoms with E-state index in [9.17, 15) is 0 Å². The number of nitrogens with one attached hydrogen (secondary N) is 1. The molecule has 1 aliphatic heterocycles. The van der Waals surface area contributed by atoms with E-state index in [4.69, 9.17) is 4.74 Å². The van der Waals surface area contributed by atoms with Crippen molar-refractivity contribution in [3.8, 4) is 0 Å². The number of rotatable bonds is 6. The number of ether oxygens (including phenoxy) is 1. The summed E-state index contributed by atoms with van der Waals surface area (Å²) < 4.78 is 5.18. The zero-order valence-electron chi connectivity index (χ0n) is 12.6. The van der Waals surface area contributed by atoms with Crippen LogP contribution in [0.1, 0.15) is 26.1 Å². The van der Waals surface area contributed by atoms with Gasteiger partial charge in [-0.25, -0.2) is 9.97 Å². The average molecular weight is 296 g/mol. The third kappa shape index (κ3) is 3.99. The molecule has 1 aliphatic rings. The molecule has 0 amide bonds. The number of hydrogen-bond donors (Lipinski definition) is 1. The van der Waals surface area contributed by atoms with Crippen LogP contribution in [-0.4, -0.2) is 47.7 Å². The second kappa shape index (κ2) is 7.69. The molecule has 1 saturated heterocycles. The van der Waals surface area contributed by atoms with Crippen LogP contribution in [0.25, 0.3) is 0 Å². The minimum Gasteiger partial charge on any atom is -0.377 e. The third-order valence-corrected chi connectivity index (χ3v) is 4.44. The quantitative estimate of drug-likeness (QED) is 0.870. The molecule has 0 radical (unpaired) electrons.